The summed E-state index contributed by atoms with van der Waals surface area (Å²) >= 11 is 3.72. The van der Waals surface area contributed by atoms with Gasteiger partial charge < -0.3 is 5.11 Å². The van der Waals surface area contributed by atoms with E-state index in [4.69, 9.17) is 0 Å². The average Bonchev–Trinajstić information content (AvgIpc) is 2.13. The standard InChI is InChI=1S/C9H14O2S2/c1-3-4-5-7(2)8(10)6-9(11)13-12/h4-7,10,12H,3H2,1-2H3/b5-4+,8-6+/t7-/m0/s1. The first-order valence-corrected chi connectivity index (χ1v) is 5.91. The number of aliphatic hydroxyl groups is 1. The second-order valence-electron chi connectivity index (χ2n) is 2.60. The zero-order valence-electron chi connectivity index (χ0n) is 7.73. The van der Waals surface area contributed by atoms with Crippen LogP contribution in [0.5, 0.6) is 0 Å². The first-order chi connectivity index (χ1) is 6.11. The Morgan fingerprint density at radius 1 is 1.69 bits per heavy atom. The minimum atomic E-state index is -0.252. The molecule has 1 N–H and O–H groups in total. The fraction of sp³-hybridized carbons (Fsp3) is 0.444. The molecule has 0 aromatic rings. The fourth-order valence-corrected chi connectivity index (χ4v) is 1.05. The largest absolute Gasteiger partial charge is 0.512 e. The maximum atomic E-state index is 10.8. The van der Waals surface area contributed by atoms with E-state index in [-0.39, 0.29) is 16.8 Å². The van der Waals surface area contributed by atoms with E-state index in [2.05, 4.69) is 11.7 Å². The molecule has 13 heavy (non-hydrogen) atoms. The van der Waals surface area contributed by atoms with Crippen LogP contribution in [0.1, 0.15) is 20.3 Å². The molecule has 0 aliphatic heterocycles. The summed E-state index contributed by atoms with van der Waals surface area (Å²) < 4.78 is 0. The number of carbonyl (C=O) groups is 1. The van der Waals surface area contributed by atoms with Crippen molar-refractivity contribution in [3.8, 4) is 0 Å². The average molecular weight is 218 g/mol. The lowest BCUT2D eigenvalue weighted by Gasteiger charge is -2.03. The normalized spacial score (nSPS) is 14.8. The maximum Gasteiger partial charge on any atom is 0.225 e. The van der Waals surface area contributed by atoms with Gasteiger partial charge >= 0.3 is 0 Å². The zero-order chi connectivity index (χ0) is 10.3. The maximum absolute atomic E-state index is 10.8. The second-order valence-corrected chi connectivity index (χ2v) is 3.74. The van der Waals surface area contributed by atoms with Gasteiger partial charge in [0.25, 0.3) is 0 Å². The summed E-state index contributed by atoms with van der Waals surface area (Å²) in [6, 6.07) is 0. The van der Waals surface area contributed by atoms with E-state index in [1.807, 2.05) is 26.0 Å². The Balaban J connectivity index is 4.23. The molecule has 0 amide bonds. The first-order valence-electron chi connectivity index (χ1n) is 4.04. The Kier molecular flexibility index (Phi) is 6.90. The monoisotopic (exact) mass is 218 g/mol. The predicted molar refractivity (Wildman–Crippen MR) is 60.9 cm³/mol. The number of hydrogen-bond donors (Lipinski definition) is 2. The Hall–Kier alpha value is -0.350. The van der Waals surface area contributed by atoms with E-state index in [0.717, 1.165) is 17.2 Å². The minimum absolute atomic E-state index is 0.0799. The highest BCUT2D eigenvalue weighted by Crippen LogP contribution is 2.13. The highest BCUT2D eigenvalue weighted by atomic mass is 33.1. The van der Waals surface area contributed by atoms with Crippen molar-refractivity contribution in [2.24, 2.45) is 5.92 Å². The predicted octanol–water partition coefficient (Wildman–Crippen LogP) is 3.14. The van der Waals surface area contributed by atoms with Crippen molar-refractivity contribution >= 4 is 27.6 Å². The number of carbonyl (C=O) groups excluding carboxylic acids is 1. The number of allylic oxidation sites excluding steroid dienone is 2. The Morgan fingerprint density at radius 3 is 2.77 bits per heavy atom. The third-order valence-corrected chi connectivity index (χ3v) is 2.32. The highest BCUT2D eigenvalue weighted by molar-refractivity contribution is 8.75. The molecular weight excluding hydrogens is 204 g/mol. The van der Waals surface area contributed by atoms with Gasteiger partial charge in [-0.15, -0.1) is 11.7 Å². The molecule has 0 fully saturated rings. The Labute approximate surface area is 87.9 Å². The van der Waals surface area contributed by atoms with Crippen molar-refractivity contribution in [2.75, 3.05) is 0 Å². The molecule has 0 heterocycles. The van der Waals surface area contributed by atoms with Crippen LogP contribution in [0.25, 0.3) is 0 Å². The third-order valence-electron chi connectivity index (χ3n) is 1.48. The molecule has 0 aliphatic rings. The van der Waals surface area contributed by atoms with Crippen LogP contribution in [-0.4, -0.2) is 10.2 Å². The summed E-state index contributed by atoms with van der Waals surface area (Å²) in [4.78, 5) is 10.8. The van der Waals surface area contributed by atoms with Gasteiger partial charge in [-0.25, -0.2) is 0 Å². The summed E-state index contributed by atoms with van der Waals surface area (Å²) in [5.41, 5.74) is 0. The molecule has 0 bridgehead atoms. The lowest BCUT2D eigenvalue weighted by molar-refractivity contribution is -0.107. The van der Waals surface area contributed by atoms with Gasteiger partial charge in [-0.3, -0.25) is 4.79 Å². The van der Waals surface area contributed by atoms with E-state index in [9.17, 15) is 9.90 Å². The van der Waals surface area contributed by atoms with Crippen molar-refractivity contribution in [1.82, 2.24) is 0 Å². The fourth-order valence-electron chi connectivity index (χ4n) is 0.717. The molecule has 0 saturated heterocycles. The topological polar surface area (TPSA) is 37.3 Å². The summed E-state index contributed by atoms with van der Waals surface area (Å²) in [6.45, 7) is 3.84. The third kappa shape index (κ3) is 5.82. The molecule has 0 aromatic heterocycles. The van der Waals surface area contributed by atoms with Crippen LogP contribution in [0, 0.1) is 5.92 Å². The van der Waals surface area contributed by atoms with Gasteiger partial charge in [0, 0.05) is 12.0 Å². The van der Waals surface area contributed by atoms with Gasteiger partial charge in [-0.2, -0.15) is 0 Å². The van der Waals surface area contributed by atoms with Gasteiger partial charge in [0.15, 0.2) is 0 Å². The van der Waals surface area contributed by atoms with Gasteiger partial charge in [0.1, 0.15) is 5.76 Å². The van der Waals surface area contributed by atoms with Crippen LogP contribution in [0.4, 0.5) is 0 Å². The van der Waals surface area contributed by atoms with Crippen molar-refractivity contribution in [3.63, 3.8) is 0 Å². The molecule has 0 radical (unpaired) electrons. The van der Waals surface area contributed by atoms with Crippen molar-refractivity contribution in [2.45, 2.75) is 20.3 Å². The highest BCUT2D eigenvalue weighted by Gasteiger charge is 2.05. The Bertz CT molecular complexity index is 222. The van der Waals surface area contributed by atoms with E-state index < -0.39 is 0 Å². The van der Waals surface area contributed by atoms with Crippen molar-refractivity contribution in [3.05, 3.63) is 24.0 Å². The number of hydrogen-bond acceptors (Lipinski definition) is 4. The van der Waals surface area contributed by atoms with Gasteiger partial charge in [-0.05, 0) is 17.2 Å². The van der Waals surface area contributed by atoms with Crippen LogP contribution >= 0.6 is 22.5 Å². The molecule has 2 nitrogen and oxygen atoms in total. The van der Waals surface area contributed by atoms with Gasteiger partial charge in [0.05, 0.1) is 0 Å². The van der Waals surface area contributed by atoms with E-state index in [1.54, 1.807) is 0 Å². The zero-order valence-corrected chi connectivity index (χ0v) is 9.44. The van der Waals surface area contributed by atoms with Crippen molar-refractivity contribution < 1.29 is 9.90 Å². The summed E-state index contributed by atoms with van der Waals surface area (Å²) in [7, 11) is 0.789. The van der Waals surface area contributed by atoms with Gasteiger partial charge in [0.2, 0.25) is 5.12 Å². The molecule has 74 valence electrons. The summed E-state index contributed by atoms with van der Waals surface area (Å²) in [5.74, 6) is -0.0272. The molecule has 0 unspecified atom stereocenters. The summed E-state index contributed by atoms with van der Waals surface area (Å²) in [6.07, 6.45) is 5.94. The second kappa shape index (κ2) is 7.09. The molecule has 1 atom stereocenters. The SMILES string of the molecule is CC/C=C/[C@H](C)/C(O)=C\C(=O)SS. The number of aliphatic hydroxyl groups excluding tert-OH is 1. The molecular formula is C9H14O2S2. The van der Waals surface area contributed by atoms with Gasteiger partial charge in [-0.1, -0.05) is 26.0 Å². The van der Waals surface area contributed by atoms with Crippen molar-refractivity contribution in [1.29, 1.82) is 0 Å². The van der Waals surface area contributed by atoms with Crippen LogP contribution in [0.2, 0.25) is 0 Å². The van der Waals surface area contributed by atoms with Crippen LogP contribution in [0.3, 0.4) is 0 Å². The molecule has 0 aliphatic carbocycles. The van der Waals surface area contributed by atoms with E-state index in [1.165, 1.54) is 6.08 Å². The molecule has 0 rings (SSSR count). The van der Waals surface area contributed by atoms with E-state index in [0.29, 0.717) is 0 Å². The molecule has 0 aromatic carbocycles. The van der Waals surface area contributed by atoms with E-state index >= 15 is 0 Å². The Morgan fingerprint density at radius 2 is 2.31 bits per heavy atom. The first kappa shape index (κ1) is 12.7. The minimum Gasteiger partial charge on any atom is -0.512 e. The molecule has 0 saturated carbocycles. The lowest BCUT2D eigenvalue weighted by Crippen LogP contribution is -1.97. The quantitative estimate of drug-likeness (QED) is 0.250. The van der Waals surface area contributed by atoms with Crippen LogP contribution in [0.15, 0.2) is 24.0 Å². The molecule has 4 heteroatoms. The molecule has 0 spiro atoms. The van der Waals surface area contributed by atoms with Crippen LogP contribution in [-0.2, 0) is 4.79 Å². The summed E-state index contributed by atoms with van der Waals surface area (Å²) in [5, 5.41) is 9.14. The lowest BCUT2D eigenvalue weighted by atomic mass is 10.1. The number of thiol groups is 1. The van der Waals surface area contributed by atoms with Crippen LogP contribution < -0.4 is 0 Å². The number of rotatable bonds is 4. The smallest absolute Gasteiger partial charge is 0.225 e.